The first kappa shape index (κ1) is 23.7. The zero-order chi connectivity index (χ0) is 22.5. The molecule has 0 spiro atoms. The molecule has 0 amide bonds. The maximum Gasteiger partial charge on any atom is 0.337 e. The lowest BCUT2D eigenvalue weighted by Crippen LogP contribution is -2.49. The lowest BCUT2D eigenvalue weighted by Gasteiger charge is -2.38. The molecule has 0 saturated carbocycles. The fraction of sp³-hybridized carbons (Fsp3) is 0.480. The van der Waals surface area contributed by atoms with E-state index in [1.54, 1.807) is 0 Å². The Morgan fingerprint density at radius 1 is 0.903 bits per heavy atom. The van der Waals surface area contributed by atoms with Gasteiger partial charge in [0, 0.05) is 0 Å². The highest BCUT2D eigenvalue weighted by Crippen LogP contribution is 2.39. The minimum atomic E-state index is -2.20. The first-order valence-corrected chi connectivity index (χ1v) is 13.7. The van der Waals surface area contributed by atoms with E-state index in [4.69, 9.17) is 18.6 Å². The van der Waals surface area contributed by atoms with E-state index in [1.165, 1.54) is 0 Å². The molecule has 2 aromatic rings. The predicted octanol–water partition coefficient (Wildman–Crippen LogP) is 5.10. The number of hydrogen-bond acceptors (Lipinski definition) is 5. The second kappa shape index (κ2) is 10.1. The third-order valence-electron chi connectivity index (χ3n) is 6.07. The topological polar surface area (TPSA) is 54.0 Å². The number of rotatable bonds is 9. The van der Waals surface area contributed by atoms with Crippen LogP contribution < -0.4 is 0 Å². The van der Waals surface area contributed by atoms with Gasteiger partial charge in [-0.3, -0.25) is 0 Å². The minimum absolute atomic E-state index is 0.0286. The molecule has 3 atom stereocenters. The third-order valence-corrected chi connectivity index (χ3v) is 10.5. The van der Waals surface area contributed by atoms with E-state index in [0.29, 0.717) is 13.2 Å². The van der Waals surface area contributed by atoms with Gasteiger partial charge < -0.3 is 18.6 Å². The summed E-state index contributed by atoms with van der Waals surface area (Å²) in [6, 6.07) is 19.9. The van der Waals surface area contributed by atoms with Gasteiger partial charge in [0.25, 0.3) is 0 Å². The van der Waals surface area contributed by atoms with Crippen molar-refractivity contribution in [3.63, 3.8) is 0 Å². The van der Waals surface area contributed by atoms with Gasteiger partial charge in [0.15, 0.2) is 20.5 Å². The van der Waals surface area contributed by atoms with Crippen LogP contribution in [0.4, 0.5) is 0 Å². The normalized spacial score (nSPS) is 21.8. The molecule has 6 heteroatoms. The van der Waals surface area contributed by atoms with Crippen LogP contribution in [0.1, 0.15) is 31.9 Å². The first-order chi connectivity index (χ1) is 14.7. The van der Waals surface area contributed by atoms with Crippen LogP contribution in [0.2, 0.25) is 18.1 Å². The van der Waals surface area contributed by atoms with Crippen LogP contribution in [0.3, 0.4) is 0 Å². The molecule has 168 valence electrons. The van der Waals surface area contributed by atoms with Crippen LogP contribution in [-0.2, 0) is 36.6 Å². The van der Waals surface area contributed by atoms with Gasteiger partial charge in [-0.2, -0.15) is 0 Å². The van der Waals surface area contributed by atoms with Gasteiger partial charge >= 0.3 is 5.97 Å². The summed E-state index contributed by atoms with van der Waals surface area (Å²) in [6.45, 7) is 11.8. The zero-order valence-electron chi connectivity index (χ0n) is 19.2. The van der Waals surface area contributed by atoms with Gasteiger partial charge in [0.05, 0.1) is 19.8 Å². The SMILES string of the molecule is CC(C)(C)[Si](C)(C)O[C@H]1C(=O)O[C@H](COCc2ccccc2)[C@@H]1OCc1ccccc1. The molecule has 31 heavy (non-hydrogen) atoms. The summed E-state index contributed by atoms with van der Waals surface area (Å²) in [5.74, 6) is -0.365. The Kier molecular flexibility index (Phi) is 7.70. The van der Waals surface area contributed by atoms with Gasteiger partial charge in [0.1, 0.15) is 6.10 Å². The van der Waals surface area contributed by atoms with E-state index in [0.717, 1.165) is 11.1 Å². The van der Waals surface area contributed by atoms with Crippen molar-refractivity contribution in [2.75, 3.05) is 6.61 Å². The van der Waals surface area contributed by atoms with E-state index in [-0.39, 0.29) is 17.6 Å². The van der Waals surface area contributed by atoms with Crippen molar-refractivity contribution in [1.29, 1.82) is 0 Å². The fourth-order valence-electron chi connectivity index (χ4n) is 3.18. The van der Waals surface area contributed by atoms with Crippen molar-refractivity contribution >= 4 is 14.3 Å². The number of esters is 1. The van der Waals surface area contributed by atoms with Crippen LogP contribution in [0, 0.1) is 0 Å². The number of benzene rings is 2. The molecular formula is C25H34O5Si. The molecule has 0 unspecified atom stereocenters. The zero-order valence-corrected chi connectivity index (χ0v) is 20.2. The summed E-state index contributed by atoms with van der Waals surface area (Å²) >= 11 is 0. The Morgan fingerprint density at radius 2 is 1.45 bits per heavy atom. The quantitative estimate of drug-likeness (QED) is 0.399. The lowest BCUT2D eigenvalue weighted by atomic mass is 10.1. The van der Waals surface area contributed by atoms with Crippen LogP contribution in [0.25, 0.3) is 0 Å². The average molecular weight is 443 g/mol. The maximum atomic E-state index is 12.8. The number of carbonyl (C=O) groups excluding carboxylic acids is 1. The van der Waals surface area contributed by atoms with Gasteiger partial charge in [-0.1, -0.05) is 81.4 Å². The van der Waals surface area contributed by atoms with Crippen molar-refractivity contribution in [3.05, 3.63) is 71.8 Å². The van der Waals surface area contributed by atoms with Crippen molar-refractivity contribution in [2.24, 2.45) is 0 Å². The van der Waals surface area contributed by atoms with E-state index in [1.807, 2.05) is 60.7 Å². The number of carbonyl (C=O) groups is 1. The highest BCUT2D eigenvalue weighted by Gasteiger charge is 2.51. The molecule has 3 rings (SSSR count). The molecular weight excluding hydrogens is 408 g/mol. The summed E-state index contributed by atoms with van der Waals surface area (Å²) in [4.78, 5) is 12.8. The summed E-state index contributed by atoms with van der Waals surface area (Å²) in [5, 5.41) is -0.0286. The summed E-state index contributed by atoms with van der Waals surface area (Å²) in [7, 11) is -2.20. The van der Waals surface area contributed by atoms with Gasteiger partial charge in [-0.25, -0.2) is 4.79 Å². The second-order valence-corrected chi connectivity index (χ2v) is 14.3. The molecule has 0 aromatic heterocycles. The van der Waals surface area contributed by atoms with Crippen LogP contribution in [-0.4, -0.2) is 39.2 Å². The molecule has 0 aliphatic carbocycles. The molecule has 0 bridgehead atoms. The molecule has 1 aliphatic rings. The van der Waals surface area contributed by atoms with E-state index < -0.39 is 26.6 Å². The number of hydrogen-bond donors (Lipinski definition) is 0. The number of cyclic esters (lactones) is 1. The van der Waals surface area contributed by atoms with E-state index in [2.05, 4.69) is 33.9 Å². The Bertz CT molecular complexity index is 832. The Balaban J connectivity index is 1.70. The summed E-state index contributed by atoms with van der Waals surface area (Å²) < 4.78 is 24.2. The highest BCUT2D eigenvalue weighted by molar-refractivity contribution is 6.74. The Hall–Kier alpha value is -1.99. The van der Waals surface area contributed by atoms with Gasteiger partial charge in [-0.15, -0.1) is 0 Å². The third kappa shape index (κ3) is 6.26. The molecule has 0 radical (unpaired) electrons. The maximum absolute atomic E-state index is 12.8. The van der Waals surface area contributed by atoms with Crippen molar-refractivity contribution in [2.45, 2.75) is 70.4 Å². The van der Waals surface area contributed by atoms with Crippen molar-refractivity contribution < 1.29 is 23.4 Å². The Morgan fingerprint density at radius 3 is 2.00 bits per heavy atom. The molecule has 1 fully saturated rings. The van der Waals surface area contributed by atoms with Crippen molar-refractivity contribution in [1.82, 2.24) is 0 Å². The highest BCUT2D eigenvalue weighted by atomic mass is 28.4. The minimum Gasteiger partial charge on any atom is -0.455 e. The van der Waals surface area contributed by atoms with Crippen molar-refractivity contribution in [3.8, 4) is 0 Å². The standard InChI is InChI=1S/C25H34O5Si/c1-25(2,3)31(4,5)30-23-22(28-17-20-14-10-7-11-15-20)21(29-24(23)26)18-27-16-19-12-8-6-9-13-19/h6-15,21-23H,16-18H2,1-5H3/t21-,22+,23-/m1/s1. The summed E-state index contributed by atoms with van der Waals surface area (Å²) in [5.41, 5.74) is 2.11. The average Bonchev–Trinajstić information content (AvgIpc) is 3.01. The van der Waals surface area contributed by atoms with Gasteiger partial charge in [0.2, 0.25) is 0 Å². The monoisotopic (exact) mass is 442 g/mol. The largest absolute Gasteiger partial charge is 0.455 e. The van der Waals surface area contributed by atoms with E-state index >= 15 is 0 Å². The van der Waals surface area contributed by atoms with Crippen LogP contribution >= 0.6 is 0 Å². The predicted molar refractivity (Wildman–Crippen MR) is 123 cm³/mol. The van der Waals surface area contributed by atoms with E-state index in [9.17, 15) is 4.79 Å². The molecule has 2 aromatic carbocycles. The second-order valence-electron chi connectivity index (χ2n) is 9.54. The molecule has 1 aliphatic heterocycles. The van der Waals surface area contributed by atoms with Crippen LogP contribution in [0.15, 0.2) is 60.7 Å². The smallest absolute Gasteiger partial charge is 0.337 e. The Labute approximate surface area is 186 Å². The molecule has 1 heterocycles. The van der Waals surface area contributed by atoms with Gasteiger partial charge in [-0.05, 0) is 29.3 Å². The molecule has 0 N–H and O–H groups in total. The fourth-order valence-corrected chi connectivity index (χ4v) is 4.40. The first-order valence-electron chi connectivity index (χ1n) is 10.8. The number of ether oxygens (including phenoxy) is 3. The summed E-state index contributed by atoms with van der Waals surface area (Å²) in [6.07, 6.45) is -1.76. The lowest BCUT2D eigenvalue weighted by molar-refractivity contribution is -0.148. The van der Waals surface area contributed by atoms with Crippen LogP contribution in [0.5, 0.6) is 0 Å². The molecule has 1 saturated heterocycles. The molecule has 5 nitrogen and oxygen atoms in total.